The molecule has 1 aliphatic carbocycles. The summed E-state index contributed by atoms with van der Waals surface area (Å²) in [6.45, 7) is 16.4. The van der Waals surface area contributed by atoms with Crippen LogP contribution in [0.15, 0.2) is 6.07 Å². The van der Waals surface area contributed by atoms with E-state index in [1.54, 1.807) is 0 Å². The van der Waals surface area contributed by atoms with E-state index >= 15 is 0 Å². The van der Waals surface area contributed by atoms with Crippen molar-refractivity contribution in [2.45, 2.75) is 72.8 Å². The van der Waals surface area contributed by atoms with E-state index < -0.39 is 5.41 Å². The highest BCUT2D eigenvalue weighted by Gasteiger charge is 2.34. The molecule has 31 heavy (non-hydrogen) atoms. The molecule has 1 aliphatic heterocycles. The van der Waals surface area contributed by atoms with Gasteiger partial charge in [0.2, 0.25) is 5.91 Å². The number of piperazine rings is 1. The monoisotopic (exact) mass is 425 g/mol. The molecule has 0 radical (unpaired) electrons. The molecule has 2 fully saturated rings. The lowest BCUT2D eigenvalue weighted by Crippen LogP contribution is -2.53. The topological polar surface area (TPSA) is 71.3 Å². The first-order valence-corrected chi connectivity index (χ1v) is 11.4. The quantitative estimate of drug-likeness (QED) is 0.735. The highest BCUT2D eigenvalue weighted by Crippen LogP contribution is 2.41. The van der Waals surface area contributed by atoms with Crippen molar-refractivity contribution in [3.63, 3.8) is 0 Å². The van der Waals surface area contributed by atoms with Gasteiger partial charge in [-0.2, -0.15) is 5.10 Å². The van der Waals surface area contributed by atoms with Crippen molar-refractivity contribution in [3.05, 3.63) is 23.0 Å². The number of hydrogen-bond donors (Lipinski definition) is 0. The Morgan fingerprint density at radius 1 is 0.968 bits per heavy atom. The number of aryl methyl sites for hydroxylation is 1. The Kier molecular flexibility index (Phi) is 5.14. The van der Waals surface area contributed by atoms with Crippen LogP contribution >= 0.6 is 0 Å². The average Bonchev–Trinajstić information content (AvgIpc) is 3.48. The number of fused-ring (bicyclic) bond motifs is 1. The van der Waals surface area contributed by atoms with Gasteiger partial charge in [0.05, 0.1) is 22.2 Å². The molecule has 0 unspecified atom stereocenters. The minimum Gasteiger partial charge on any atom is -0.339 e. The number of carbonyl (C=O) groups excluding carboxylic acids is 2. The highest BCUT2D eigenvalue weighted by atomic mass is 16.2. The number of pyridine rings is 1. The summed E-state index contributed by atoms with van der Waals surface area (Å²) in [7, 11) is 0. The van der Waals surface area contributed by atoms with Crippen LogP contribution in [0.25, 0.3) is 11.0 Å². The minimum absolute atomic E-state index is 0.0220. The van der Waals surface area contributed by atoms with E-state index in [0.29, 0.717) is 37.7 Å². The molecule has 2 amide bonds. The number of amides is 2. The van der Waals surface area contributed by atoms with Gasteiger partial charge < -0.3 is 9.80 Å². The lowest BCUT2D eigenvalue weighted by molar-refractivity contribution is -0.140. The molecule has 4 rings (SSSR count). The fourth-order valence-corrected chi connectivity index (χ4v) is 4.29. The van der Waals surface area contributed by atoms with Gasteiger partial charge in [-0.1, -0.05) is 20.8 Å². The number of carbonyl (C=O) groups is 2. The highest BCUT2D eigenvalue weighted by molar-refractivity contribution is 6.06. The van der Waals surface area contributed by atoms with Crippen molar-refractivity contribution >= 4 is 22.8 Å². The van der Waals surface area contributed by atoms with Crippen LogP contribution in [0.3, 0.4) is 0 Å². The van der Waals surface area contributed by atoms with Gasteiger partial charge in [0, 0.05) is 43.2 Å². The van der Waals surface area contributed by atoms with Crippen LogP contribution in [-0.4, -0.2) is 62.6 Å². The first kappa shape index (κ1) is 21.8. The summed E-state index contributed by atoms with van der Waals surface area (Å²) in [5.41, 5.74) is 2.73. The first-order valence-electron chi connectivity index (χ1n) is 11.4. The summed E-state index contributed by atoms with van der Waals surface area (Å²) in [5.74, 6) is 0.610. The number of aromatic nitrogens is 3. The standard InChI is InChI=1S/C24H35N5O2/c1-15-19-17(21(30)27-10-12-28(13-11-27)22(31)23(2,3)4)14-18(16-8-9-16)25-20(19)29(26-15)24(5,6)7/h14,16H,8-13H2,1-7H3. The number of nitrogens with zero attached hydrogens (tertiary/aromatic N) is 5. The summed E-state index contributed by atoms with van der Waals surface area (Å²) in [6, 6.07) is 2.00. The van der Waals surface area contributed by atoms with Crippen molar-refractivity contribution in [1.29, 1.82) is 0 Å². The molecule has 1 saturated carbocycles. The number of rotatable bonds is 2. The smallest absolute Gasteiger partial charge is 0.254 e. The maximum Gasteiger partial charge on any atom is 0.254 e. The molecular weight excluding hydrogens is 390 g/mol. The third kappa shape index (κ3) is 4.06. The Balaban J connectivity index is 1.67. The Labute approximate surface area is 184 Å². The molecule has 0 spiro atoms. The molecule has 7 nitrogen and oxygen atoms in total. The largest absolute Gasteiger partial charge is 0.339 e. The van der Waals surface area contributed by atoms with E-state index in [9.17, 15) is 9.59 Å². The Morgan fingerprint density at radius 3 is 2.06 bits per heavy atom. The molecule has 0 bridgehead atoms. The second-order valence-corrected chi connectivity index (χ2v) is 11.1. The van der Waals surface area contributed by atoms with Crippen molar-refractivity contribution in [1.82, 2.24) is 24.6 Å². The van der Waals surface area contributed by atoms with Crippen LogP contribution in [0, 0.1) is 12.3 Å². The van der Waals surface area contributed by atoms with Crippen molar-refractivity contribution in [3.8, 4) is 0 Å². The molecule has 0 aromatic carbocycles. The lowest BCUT2D eigenvalue weighted by atomic mass is 9.94. The fraction of sp³-hybridized carbons (Fsp3) is 0.667. The van der Waals surface area contributed by atoms with Crippen molar-refractivity contribution < 1.29 is 9.59 Å². The minimum atomic E-state index is -0.402. The maximum absolute atomic E-state index is 13.7. The van der Waals surface area contributed by atoms with Crippen LogP contribution in [0.1, 0.15) is 82.0 Å². The molecule has 1 saturated heterocycles. The first-order chi connectivity index (χ1) is 14.4. The van der Waals surface area contributed by atoms with E-state index in [4.69, 9.17) is 10.1 Å². The molecule has 2 aromatic rings. The van der Waals surface area contributed by atoms with E-state index in [0.717, 1.165) is 35.3 Å². The zero-order valence-electron chi connectivity index (χ0n) is 19.9. The van der Waals surface area contributed by atoms with Crippen molar-refractivity contribution in [2.75, 3.05) is 26.2 Å². The van der Waals surface area contributed by atoms with E-state index in [1.807, 2.05) is 48.2 Å². The van der Waals surface area contributed by atoms with Crippen LogP contribution in [0.2, 0.25) is 0 Å². The molecular formula is C24H35N5O2. The second kappa shape index (κ2) is 7.31. The van der Waals surface area contributed by atoms with Crippen LogP contribution in [0.4, 0.5) is 0 Å². The summed E-state index contributed by atoms with van der Waals surface area (Å²) in [4.78, 5) is 35.0. The summed E-state index contributed by atoms with van der Waals surface area (Å²) < 4.78 is 1.96. The Morgan fingerprint density at radius 2 is 1.55 bits per heavy atom. The lowest BCUT2D eigenvalue weighted by Gasteiger charge is -2.37. The molecule has 7 heteroatoms. The SMILES string of the molecule is Cc1nn(C(C)(C)C)c2nc(C3CC3)cc(C(=O)N3CCN(C(=O)C(C)(C)C)CC3)c12. The van der Waals surface area contributed by atoms with Gasteiger partial charge in [0.1, 0.15) is 0 Å². The molecule has 3 heterocycles. The zero-order valence-corrected chi connectivity index (χ0v) is 19.9. The predicted octanol–water partition coefficient (Wildman–Crippen LogP) is 3.70. The molecule has 0 N–H and O–H groups in total. The summed E-state index contributed by atoms with van der Waals surface area (Å²) in [6.07, 6.45) is 2.25. The second-order valence-electron chi connectivity index (χ2n) is 11.1. The van der Waals surface area contributed by atoms with Gasteiger partial charge in [0.25, 0.3) is 5.91 Å². The molecule has 2 aromatic heterocycles. The van der Waals surface area contributed by atoms with Crippen LogP contribution in [0.5, 0.6) is 0 Å². The van der Waals surface area contributed by atoms with Gasteiger partial charge >= 0.3 is 0 Å². The van der Waals surface area contributed by atoms with Crippen LogP contribution in [-0.2, 0) is 10.3 Å². The van der Waals surface area contributed by atoms with E-state index in [-0.39, 0.29) is 17.4 Å². The van der Waals surface area contributed by atoms with Gasteiger partial charge in [-0.15, -0.1) is 0 Å². The predicted molar refractivity (Wildman–Crippen MR) is 121 cm³/mol. The van der Waals surface area contributed by atoms with Crippen molar-refractivity contribution in [2.24, 2.45) is 5.41 Å². The van der Waals surface area contributed by atoms with Gasteiger partial charge in [-0.3, -0.25) is 9.59 Å². The van der Waals surface area contributed by atoms with Gasteiger partial charge in [-0.25, -0.2) is 9.67 Å². The van der Waals surface area contributed by atoms with E-state index in [1.165, 1.54) is 0 Å². The number of hydrogen-bond acceptors (Lipinski definition) is 4. The Hall–Kier alpha value is -2.44. The maximum atomic E-state index is 13.7. The molecule has 0 atom stereocenters. The zero-order chi connectivity index (χ0) is 22.7. The van der Waals surface area contributed by atoms with Crippen LogP contribution < -0.4 is 0 Å². The third-order valence-corrected chi connectivity index (χ3v) is 6.19. The third-order valence-electron chi connectivity index (χ3n) is 6.19. The Bertz CT molecular complexity index is 1030. The van der Waals surface area contributed by atoms with Gasteiger partial charge in [-0.05, 0) is 46.6 Å². The average molecular weight is 426 g/mol. The van der Waals surface area contributed by atoms with E-state index in [2.05, 4.69) is 20.8 Å². The molecule has 168 valence electrons. The molecule has 2 aliphatic rings. The van der Waals surface area contributed by atoms with Gasteiger partial charge in [0.15, 0.2) is 5.65 Å². The normalized spacial score (nSPS) is 18.0. The fourth-order valence-electron chi connectivity index (χ4n) is 4.29. The summed E-state index contributed by atoms with van der Waals surface area (Å²) >= 11 is 0. The summed E-state index contributed by atoms with van der Waals surface area (Å²) in [5, 5.41) is 5.62.